The number of morpholine rings is 1. The Bertz CT molecular complexity index is 937. The highest BCUT2D eigenvalue weighted by Crippen LogP contribution is 2.22. The van der Waals surface area contributed by atoms with Crippen LogP contribution in [-0.4, -0.2) is 75.5 Å². The van der Waals surface area contributed by atoms with E-state index < -0.39 is 15.9 Å². The second-order valence-corrected chi connectivity index (χ2v) is 9.11. The number of aromatic nitrogens is 1. The van der Waals surface area contributed by atoms with Gasteiger partial charge in [-0.15, -0.1) is 0 Å². The molecule has 0 radical (unpaired) electrons. The van der Waals surface area contributed by atoms with Crippen LogP contribution in [0.1, 0.15) is 22.1 Å². The first-order valence-electron chi connectivity index (χ1n) is 9.25. The Morgan fingerprint density at radius 2 is 1.93 bits per heavy atom. The highest BCUT2D eigenvalue weighted by molar-refractivity contribution is 7.89. The van der Waals surface area contributed by atoms with E-state index in [2.05, 4.69) is 15.2 Å². The van der Waals surface area contributed by atoms with Gasteiger partial charge in [-0.1, -0.05) is 12.1 Å². The quantitative estimate of drug-likeness (QED) is 0.697. The Balaban J connectivity index is 1.73. The fourth-order valence-corrected chi connectivity index (χ4v) is 4.08. The summed E-state index contributed by atoms with van der Waals surface area (Å²) in [5.41, 5.74) is 1.04. The molecular weight excluding hydrogens is 399 g/mol. The molecule has 1 amide bonds. The minimum absolute atomic E-state index is 0.0240. The fraction of sp³-hybridized carbons (Fsp3) is 0.421. The van der Waals surface area contributed by atoms with E-state index in [9.17, 15) is 17.6 Å². The van der Waals surface area contributed by atoms with Crippen molar-refractivity contribution in [3.8, 4) is 0 Å². The average Bonchev–Trinajstić information content (AvgIpc) is 3.21. The van der Waals surface area contributed by atoms with Crippen molar-refractivity contribution in [3.05, 3.63) is 53.6 Å². The molecule has 2 N–H and O–H groups in total. The molecule has 1 aromatic carbocycles. The second kappa shape index (κ2) is 9.04. The van der Waals surface area contributed by atoms with Gasteiger partial charge in [0, 0.05) is 39.9 Å². The van der Waals surface area contributed by atoms with Crippen molar-refractivity contribution in [1.29, 1.82) is 0 Å². The molecule has 8 nitrogen and oxygen atoms in total. The van der Waals surface area contributed by atoms with Gasteiger partial charge < -0.3 is 15.0 Å². The molecule has 158 valence electrons. The van der Waals surface area contributed by atoms with Crippen LogP contribution >= 0.6 is 0 Å². The van der Waals surface area contributed by atoms with Crippen LogP contribution in [0.25, 0.3) is 0 Å². The molecule has 0 aliphatic carbocycles. The average molecular weight is 424 g/mol. The molecule has 0 unspecified atom stereocenters. The number of hydrogen-bond acceptors (Lipinski definition) is 5. The van der Waals surface area contributed by atoms with Crippen LogP contribution in [0.5, 0.6) is 0 Å². The predicted octanol–water partition coefficient (Wildman–Crippen LogP) is 1.21. The van der Waals surface area contributed by atoms with Crippen LogP contribution in [0.4, 0.5) is 4.39 Å². The first-order chi connectivity index (χ1) is 13.8. The van der Waals surface area contributed by atoms with Crippen LogP contribution in [0, 0.1) is 5.82 Å². The van der Waals surface area contributed by atoms with Crippen molar-refractivity contribution in [3.63, 3.8) is 0 Å². The van der Waals surface area contributed by atoms with Crippen LogP contribution < -0.4 is 5.32 Å². The maximum absolute atomic E-state index is 13.3. The zero-order chi connectivity index (χ0) is 21.0. The van der Waals surface area contributed by atoms with Crippen molar-refractivity contribution in [2.75, 3.05) is 46.9 Å². The maximum Gasteiger partial charge on any atom is 0.267 e. The molecule has 2 aromatic rings. The number of rotatable bonds is 7. The molecule has 0 bridgehead atoms. The number of nitrogens with zero attached hydrogens (tertiary/aromatic N) is 2. The summed E-state index contributed by atoms with van der Waals surface area (Å²) in [4.78, 5) is 17.5. The molecule has 1 aromatic heterocycles. The summed E-state index contributed by atoms with van der Waals surface area (Å²) in [6, 6.07) is 7.37. The minimum atomic E-state index is -3.62. The Hall–Kier alpha value is -2.27. The SMILES string of the molecule is CN(C)S(=O)(=O)c1c[nH]c(C(=O)NC[C@@H](c2ccc(F)cc2)N2CCOCC2)c1. The Labute approximate surface area is 169 Å². The van der Waals surface area contributed by atoms with Crippen LogP contribution in [-0.2, 0) is 14.8 Å². The number of hydrogen-bond donors (Lipinski definition) is 2. The van der Waals surface area contributed by atoms with Gasteiger partial charge in [-0.05, 0) is 23.8 Å². The summed E-state index contributed by atoms with van der Waals surface area (Å²) in [5, 5.41) is 2.85. The van der Waals surface area contributed by atoms with Crippen molar-refractivity contribution in [1.82, 2.24) is 19.5 Å². The Kier molecular flexibility index (Phi) is 6.68. The largest absolute Gasteiger partial charge is 0.379 e. The summed E-state index contributed by atoms with van der Waals surface area (Å²) >= 11 is 0. The monoisotopic (exact) mass is 424 g/mol. The zero-order valence-corrected chi connectivity index (χ0v) is 17.2. The molecule has 0 spiro atoms. The lowest BCUT2D eigenvalue weighted by Crippen LogP contribution is -2.43. The van der Waals surface area contributed by atoms with Crippen LogP contribution in [0.2, 0.25) is 0 Å². The number of sulfonamides is 1. The van der Waals surface area contributed by atoms with Gasteiger partial charge in [-0.2, -0.15) is 0 Å². The first-order valence-corrected chi connectivity index (χ1v) is 10.7. The van der Waals surface area contributed by atoms with E-state index in [4.69, 9.17) is 4.74 Å². The lowest BCUT2D eigenvalue weighted by molar-refractivity contribution is 0.0162. The maximum atomic E-state index is 13.3. The van der Waals surface area contributed by atoms with E-state index in [0.717, 1.165) is 9.87 Å². The molecule has 1 atom stereocenters. The van der Waals surface area contributed by atoms with Gasteiger partial charge in [0.1, 0.15) is 16.4 Å². The lowest BCUT2D eigenvalue weighted by atomic mass is 10.0. The number of nitrogens with one attached hydrogen (secondary N) is 2. The third-order valence-corrected chi connectivity index (χ3v) is 6.67. The van der Waals surface area contributed by atoms with Crippen LogP contribution in [0.3, 0.4) is 0 Å². The van der Waals surface area contributed by atoms with Crippen molar-refractivity contribution < 1.29 is 22.3 Å². The second-order valence-electron chi connectivity index (χ2n) is 6.96. The molecule has 1 saturated heterocycles. The fourth-order valence-electron chi connectivity index (χ4n) is 3.18. The first kappa shape index (κ1) is 21.4. The number of carbonyl (C=O) groups excluding carboxylic acids is 1. The van der Waals surface area contributed by atoms with Gasteiger partial charge >= 0.3 is 0 Å². The molecule has 1 aliphatic rings. The number of halogens is 1. The van der Waals surface area contributed by atoms with Gasteiger partial charge in [0.05, 0.1) is 19.3 Å². The van der Waals surface area contributed by atoms with E-state index in [1.165, 1.54) is 38.5 Å². The summed E-state index contributed by atoms with van der Waals surface area (Å²) < 4.78 is 44.2. The standard InChI is InChI=1S/C19H25FN4O4S/c1-23(2)29(26,27)16-11-17(21-12-16)19(25)22-13-18(24-7-9-28-10-8-24)14-3-5-15(20)6-4-14/h3-6,11-12,18,21H,7-10,13H2,1-2H3,(H,22,25)/t18-/m0/s1. The molecule has 2 heterocycles. The van der Waals surface area contributed by atoms with Crippen molar-refractivity contribution >= 4 is 15.9 Å². The number of carbonyl (C=O) groups is 1. The molecule has 10 heteroatoms. The highest BCUT2D eigenvalue weighted by atomic mass is 32.2. The highest BCUT2D eigenvalue weighted by Gasteiger charge is 2.25. The minimum Gasteiger partial charge on any atom is -0.379 e. The molecule has 0 saturated carbocycles. The number of benzene rings is 1. The van der Waals surface area contributed by atoms with Crippen LogP contribution in [0.15, 0.2) is 41.4 Å². The lowest BCUT2D eigenvalue weighted by Gasteiger charge is -2.34. The number of ether oxygens (including phenoxy) is 1. The van der Waals surface area contributed by atoms with Gasteiger partial charge in [0.25, 0.3) is 5.91 Å². The van der Waals surface area contributed by atoms with E-state index in [1.807, 2.05) is 0 Å². The van der Waals surface area contributed by atoms with Gasteiger partial charge in [-0.25, -0.2) is 17.1 Å². The third-order valence-electron chi connectivity index (χ3n) is 4.88. The number of H-pyrrole nitrogens is 1. The predicted molar refractivity (Wildman–Crippen MR) is 106 cm³/mol. The van der Waals surface area contributed by atoms with E-state index in [1.54, 1.807) is 12.1 Å². The molecule has 3 rings (SSSR count). The molecular formula is C19H25FN4O4S. The number of amides is 1. The topological polar surface area (TPSA) is 94.7 Å². The van der Waals surface area contributed by atoms with Crippen molar-refractivity contribution in [2.45, 2.75) is 10.9 Å². The Morgan fingerprint density at radius 3 is 2.55 bits per heavy atom. The van der Waals surface area contributed by atoms with Crippen molar-refractivity contribution in [2.24, 2.45) is 0 Å². The van der Waals surface area contributed by atoms with E-state index in [0.29, 0.717) is 32.8 Å². The zero-order valence-electron chi connectivity index (χ0n) is 16.4. The normalized spacial score (nSPS) is 16.7. The van der Waals surface area contributed by atoms with E-state index in [-0.39, 0.29) is 22.4 Å². The Morgan fingerprint density at radius 1 is 1.28 bits per heavy atom. The molecule has 1 fully saturated rings. The van der Waals surface area contributed by atoms with E-state index >= 15 is 0 Å². The number of aromatic amines is 1. The summed E-state index contributed by atoms with van der Waals surface area (Å²) in [7, 11) is -0.764. The third kappa shape index (κ3) is 5.02. The molecule has 29 heavy (non-hydrogen) atoms. The van der Waals surface area contributed by atoms with Gasteiger partial charge in [0.15, 0.2) is 0 Å². The smallest absolute Gasteiger partial charge is 0.267 e. The molecule has 1 aliphatic heterocycles. The summed E-state index contributed by atoms with van der Waals surface area (Å²) in [5.74, 6) is -0.731. The van der Waals surface area contributed by atoms with Gasteiger partial charge in [-0.3, -0.25) is 9.69 Å². The van der Waals surface area contributed by atoms with Gasteiger partial charge in [0.2, 0.25) is 10.0 Å². The summed E-state index contributed by atoms with van der Waals surface area (Å²) in [6.45, 7) is 2.87. The summed E-state index contributed by atoms with van der Waals surface area (Å²) in [6.07, 6.45) is 1.30.